The zero-order valence-electron chi connectivity index (χ0n) is 13.6. The SMILES string of the molecule is O=C(CCN1CCCCC1)N1CC[C@@H]2OCc3cnnn3[C@H]2C1. The van der Waals surface area contributed by atoms with Crippen molar-refractivity contribution in [1.29, 1.82) is 0 Å². The number of aromatic nitrogens is 3. The Kier molecular flexibility index (Phi) is 4.31. The molecule has 0 bridgehead atoms. The highest BCUT2D eigenvalue weighted by molar-refractivity contribution is 5.76. The number of hydrogen-bond acceptors (Lipinski definition) is 5. The minimum Gasteiger partial charge on any atom is -0.370 e. The Morgan fingerprint density at radius 1 is 1.26 bits per heavy atom. The Morgan fingerprint density at radius 3 is 3.00 bits per heavy atom. The van der Waals surface area contributed by atoms with Crippen molar-refractivity contribution in [2.24, 2.45) is 0 Å². The topological polar surface area (TPSA) is 63.5 Å². The van der Waals surface area contributed by atoms with Crippen LogP contribution in [0.3, 0.4) is 0 Å². The summed E-state index contributed by atoms with van der Waals surface area (Å²) in [6, 6.07) is 0.119. The smallest absolute Gasteiger partial charge is 0.223 e. The van der Waals surface area contributed by atoms with Crippen LogP contribution in [0.1, 0.15) is 43.8 Å². The minimum absolute atomic E-state index is 0.119. The van der Waals surface area contributed by atoms with Crippen LogP contribution in [-0.4, -0.2) is 69.5 Å². The van der Waals surface area contributed by atoms with E-state index in [4.69, 9.17) is 4.74 Å². The largest absolute Gasteiger partial charge is 0.370 e. The molecule has 0 aromatic carbocycles. The van der Waals surface area contributed by atoms with E-state index in [1.165, 1.54) is 19.3 Å². The monoisotopic (exact) mass is 319 g/mol. The highest BCUT2D eigenvalue weighted by Gasteiger charge is 2.37. The van der Waals surface area contributed by atoms with Gasteiger partial charge in [0.1, 0.15) is 0 Å². The van der Waals surface area contributed by atoms with Crippen LogP contribution in [0.2, 0.25) is 0 Å². The third-order valence-electron chi connectivity index (χ3n) is 5.37. The second kappa shape index (κ2) is 6.57. The number of hydrogen-bond donors (Lipinski definition) is 0. The zero-order chi connectivity index (χ0) is 15.6. The molecule has 1 amide bonds. The summed E-state index contributed by atoms with van der Waals surface area (Å²) in [4.78, 5) is 17.0. The first-order valence-electron chi connectivity index (χ1n) is 8.82. The van der Waals surface area contributed by atoms with Gasteiger partial charge in [-0.05, 0) is 32.4 Å². The Balaban J connectivity index is 1.34. The number of likely N-dealkylation sites (tertiary alicyclic amines) is 2. The summed E-state index contributed by atoms with van der Waals surface area (Å²) in [5, 5.41) is 8.18. The lowest BCUT2D eigenvalue weighted by atomic mass is 10.00. The first-order valence-corrected chi connectivity index (χ1v) is 8.82. The average Bonchev–Trinajstić information content (AvgIpc) is 3.09. The van der Waals surface area contributed by atoms with Gasteiger partial charge in [-0.3, -0.25) is 4.79 Å². The lowest BCUT2D eigenvalue weighted by Crippen LogP contribution is -2.50. The predicted octanol–water partition coefficient (Wildman–Crippen LogP) is 0.826. The summed E-state index contributed by atoms with van der Waals surface area (Å²) in [7, 11) is 0. The highest BCUT2D eigenvalue weighted by atomic mass is 16.5. The fourth-order valence-electron chi connectivity index (χ4n) is 4.00. The van der Waals surface area contributed by atoms with E-state index in [2.05, 4.69) is 15.2 Å². The fraction of sp³-hybridized carbons (Fsp3) is 0.812. The van der Waals surface area contributed by atoms with Gasteiger partial charge in [0.15, 0.2) is 0 Å². The molecule has 0 saturated carbocycles. The maximum absolute atomic E-state index is 12.6. The summed E-state index contributed by atoms with van der Waals surface area (Å²) < 4.78 is 7.86. The van der Waals surface area contributed by atoms with Crippen molar-refractivity contribution in [3.8, 4) is 0 Å². The van der Waals surface area contributed by atoms with Gasteiger partial charge in [0.2, 0.25) is 5.91 Å². The summed E-state index contributed by atoms with van der Waals surface area (Å²) in [6.45, 7) is 5.26. The Bertz CT molecular complexity index is 554. The van der Waals surface area contributed by atoms with Crippen molar-refractivity contribution >= 4 is 5.91 Å². The van der Waals surface area contributed by atoms with Crippen molar-refractivity contribution in [2.75, 3.05) is 32.7 Å². The van der Waals surface area contributed by atoms with Crippen molar-refractivity contribution in [2.45, 2.75) is 50.9 Å². The summed E-state index contributed by atoms with van der Waals surface area (Å²) in [5.74, 6) is 0.265. The standard InChI is InChI=1S/C16H25N5O2/c22-16(5-8-19-6-2-1-3-7-19)20-9-4-15-14(11-20)21-13(12-23-15)10-17-18-21/h10,14-15H,1-9,11-12H2/t14-,15-/m0/s1. The molecular formula is C16H25N5O2. The molecule has 4 rings (SSSR count). The van der Waals surface area contributed by atoms with Crippen molar-refractivity contribution < 1.29 is 9.53 Å². The van der Waals surface area contributed by atoms with Crippen molar-refractivity contribution in [3.05, 3.63) is 11.9 Å². The van der Waals surface area contributed by atoms with E-state index in [9.17, 15) is 4.79 Å². The Labute approximate surface area is 136 Å². The molecular weight excluding hydrogens is 294 g/mol. The summed E-state index contributed by atoms with van der Waals surface area (Å²) >= 11 is 0. The molecule has 1 aromatic rings. The van der Waals surface area contributed by atoms with Gasteiger partial charge in [-0.15, -0.1) is 5.10 Å². The number of amides is 1. The lowest BCUT2D eigenvalue weighted by Gasteiger charge is -2.41. The number of rotatable bonds is 3. The number of ether oxygens (including phenoxy) is 1. The molecule has 0 N–H and O–H groups in total. The van der Waals surface area contributed by atoms with E-state index in [1.807, 2.05) is 9.58 Å². The van der Waals surface area contributed by atoms with Crippen LogP contribution in [0.4, 0.5) is 0 Å². The van der Waals surface area contributed by atoms with Crippen LogP contribution >= 0.6 is 0 Å². The van der Waals surface area contributed by atoms with Gasteiger partial charge in [-0.25, -0.2) is 4.68 Å². The molecule has 2 atom stereocenters. The predicted molar refractivity (Wildman–Crippen MR) is 83.7 cm³/mol. The number of nitrogens with zero attached hydrogens (tertiary/aromatic N) is 5. The minimum atomic E-state index is 0.119. The van der Waals surface area contributed by atoms with Gasteiger partial charge in [0, 0.05) is 26.1 Å². The van der Waals surface area contributed by atoms with Crippen LogP contribution in [0.25, 0.3) is 0 Å². The van der Waals surface area contributed by atoms with Crippen LogP contribution in [0.15, 0.2) is 6.20 Å². The van der Waals surface area contributed by atoms with Crippen LogP contribution in [0.5, 0.6) is 0 Å². The van der Waals surface area contributed by atoms with Crippen molar-refractivity contribution in [1.82, 2.24) is 24.8 Å². The maximum Gasteiger partial charge on any atom is 0.223 e. The molecule has 2 fully saturated rings. The van der Waals surface area contributed by atoms with Crippen LogP contribution in [0, 0.1) is 0 Å². The Hall–Kier alpha value is -1.47. The van der Waals surface area contributed by atoms with Gasteiger partial charge in [0.05, 0.1) is 30.6 Å². The molecule has 0 aliphatic carbocycles. The molecule has 0 radical (unpaired) electrons. The molecule has 7 heteroatoms. The quantitative estimate of drug-likeness (QED) is 0.825. The van der Waals surface area contributed by atoms with Gasteiger partial charge in [-0.2, -0.15) is 0 Å². The molecule has 1 aromatic heterocycles. The number of carbonyl (C=O) groups is 1. The molecule has 4 heterocycles. The fourth-order valence-corrected chi connectivity index (χ4v) is 4.00. The van der Waals surface area contributed by atoms with E-state index < -0.39 is 0 Å². The van der Waals surface area contributed by atoms with Crippen molar-refractivity contribution in [3.63, 3.8) is 0 Å². The lowest BCUT2D eigenvalue weighted by molar-refractivity contribution is -0.138. The molecule has 7 nitrogen and oxygen atoms in total. The van der Waals surface area contributed by atoms with Crippen LogP contribution < -0.4 is 0 Å². The van der Waals surface area contributed by atoms with Gasteiger partial charge >= 0.3 is 0 Å². The van der Waals surface area contributed by atoms with E-state index >= 15 is 0 Å². The summed E-state index contributed by atoms with van der Waals surface area (Å²) in [6.07, 6.45) is 7.31. The summed E-state index contributed by atoms with van der Waals surface area (Å²) in [5.41, 5.74) is 1.01. The number of fused-ring (bicyclic) bond motifs is 3. The maximum atomic E-state index is 12.6. The van der Waals surface area contributed by atoms with Gasteiger partial charge < -0.3 is 14.5 Å². The molecule has 0 spiro atoms. The van der Waals surface area contributed by atoms with E-state index in [-0.39, 0.29) is 18.1 Å². The van der Waals surface area contributed by atoms with Gasteiger partial charge in [0.25, 0.3) is 0 Å². The first kappa shape index (κ1) is 15.1. The molecule has 0 unspecified atom stereocenters. The second-order valence-corrected chi connectivity index (χ2v) is 6.87. The molecule has 23 heavy (non-hydrogen) atoms. The van der Waals surface area contributed by atoms with Gasteiger partial charge in [-0.1, -0.05) is 11.6 Å². The molecule has 2 saturated heterocycles. The molecule has 3 aliphatic rings. The number of piperidine rings is 2. The average molecular weight is 319 g/mol. The molecule has 3 aliphatic heterocycles. The van der Waals surface area contributed by atoms with Crippen LogP contribution in [-0.2, 0) is 16.1 Å². The molecule has 126 valence electrons. The Morgan fingerprint density at radius 2 is 2.13 bits per heavy atom. The normalized spacial score (nSPS) is 28.3. The zero-order valence-corrected chi connectivity index (χ0v) is 13.6. The van der Waals surface area contributed by atoms with E-state index in [0.717, 1.165) is 38.3 Å². The third-order valence-corrected chi connectivity index (χ3v) is 5.37. The van der Waals surface area contributed by atoms with E-state index in [0.29, 0.717) is 19.6 Å². The number of carbonyl (C=O) groups excluding carboxylic acids is 1. The second-order valence-electron chi connectivity index (χ2n) is 6.87. The van der Waals surface area contributed by atoms with E-state index in [1.54, 1.807) is 6.20 Å². The third kappa shape index (κ3) is 3.12. The first-order chi connectivity index (χ1) is 11.3. The highest BCUT2D eigenvalue weighted by Crippen LogP contribution is 2.30.